The van der Waals surface area contributed by atoms with Crippen molar-refractivity contribution in [3.05, 3.63) is 44.5 Å². The van der Waals surface area contributed by atoms with Crippen molar-refractivity contribution in [2.45, 2.75) is 58.9 Å². The first-order chi connectivity index (χ1) is 10.1. The maximum atomic E-state index is 6.37. The zero-order valence-corrected chi connectivity index (χ0v) is 20.0. The second kappa shape index (κ2) is 8.41. The molecule has 2 aliphatic rings. The fourth-order valence-electron chi connectivity index (χ4n) is 3.99. The van der Waals surface area contributed by atoms with Crippen molar-refractivity contribution >= 4 is 8.07 Å². The van der Waals surface area contributed by atoms with Gasteiger partial charge < -0.3 is 24.8 Å². The van der Waals surface area contributed by atoms with Crippen LogP contribution in [-0.4, -0.2) is 20.4 Å². The van der Waals surface area contributed by atoms with Gasteiger partial charge in [-0.2, -0.15) is 0 Å². The summed E-state index contributed by atoms with van der Waals surface area (Å²) < 4.78 is 7.91. The summed E-state index contributed by atoms with van der Waals surface area (Å²) in [7, 11) is 0.0866. The van der Waals surface area contributed by atoms with Crippen LogP contribution >= 0.6 is 0 Å². The van der Waals surface area contributed by atoms with E-state index in [1.807, 2.05) is 7.11 Å². The molecule has 0 spiro atoms. The molecule has 1 atom stereocenters. The Kier molecular flexibility index (Phi) is 8.57. The van der Waals surface area contributed by atoms with Gasteiger partial charge in [-0.25, -0.2) is 0 Å². The largest absolute Gasteiger partial charge is 1.00 e. The Hall–Kier alpha value is 0.431. The Morgan fingerprint density at radius 3 is 2.21 bits per heavy atom. The van der Waals surface area contributed by atoms with Crippen LogP contribution < -0.4 is 24.8 Å². The minimum Gasteiger partial charge on any atom is -1.00 e. The number of hydrogen-bond acceptors (Lipinski definition) is 1. The summed E-state index contributed by atoms with van der Waals surface area (Å²) in [5.74, 6) is 0. The molecule has 1 unspecified atom stereocenters. The average Bonchev–Trinajstić information content (AvgIpc) is 2.84. The topological polar surface area (TPSA) is 9.23 Å². The molecule has 0 aromatic heterocycles. The molecule has 0 aromatic rings. The van der Waals surface area contributed by atoms with Crippen molar-refractivity contribution < 1.29 is 50.0 Å². The molecule has 0 saturated carbocycles. The van der Waals surface area contributed by atoms with E-state index in [0.29, 0.717) is 0 Å². The van der Waals surface area contributed by atoms with E-state index < -0.39 is 8.07 Å². The van der Waals surface area contributed by atoms with Gasteiger partial charge in [0.05, 0.1) is 0 Å². The maximum absolute atomic E-state index is 6.37. The van der Waals surface area contributed by atoms with Crippen LogP contribution in [0, 0.1) is 5.41 Å². The Labute approximate surface area is 173 Å². The van der Waals surface area contributed by atoms with Crippen molar-refractivity contribution in [2.24, 2.45) is 5.41 Å². The van der Waals surface area contributed by atoms with Gasteiger partial charge in [0.1, 0.15) is 0 Å². The smallest absolute Gasteiger partial charge is 1.00 e. The second-order valence-corrected chi connectivity index (χ2v) is 13.7. The molecule has 5 heteroatoms. The van der Waals surface area contributed by atoms with Crippen molar-refractivity contribution in [2.75, 3.05) is 7.11 Å². The third-order valence-corrected chi connectivity index (χ3v) is 10.9. The maximum Gasteiger partial charge on any atom is -1.00 e. The van der Waals surface area contributed by atoms with E-state index in [1.165, 1.54) is 15.0 Å². The molecule has 0 saturated heterocycles. The monoisotopic (exact) mass is 419 g/mol. The predicted molar refractivity (Wildman–Crippen MR) is 93.9 cm³/mol. The summed E-state index contributed by atoms with van der Waals surface area (Å²) in [4.78, 5) is 0. The minimum absolute atomic E-state index is 0. The molecule has 2 aliphatic carbocycles. The van der Waals surface area contributed by atoms with Gasteiger partial charge in [0, 0.05) is 0 Å². The van der Waals surface area contributed by atoms with Crippen molar-refractivity contribution in [3.8, 4) is 0 Å². The van der Waals surface area contributed by atoms with Crippen LogP contribution in [0.2, 0.25) is 13.1 Å². The number of allylic oxidation sites excluding steroid dienone is 6. The van der Waals surface area contributed by atoms with E-state index in [4.69, 9.17) is 4.74 Å². The molecule has 0 aliphatic heterocycles. The van der Waals surface area contributed by atoms with E-state index in [9.17, 15) is 0 Å². The molecule has 0 amide bonds. The first-order valence-electron chi connectivity index (χ1n) is 8.12. The summed E-state index contributed by atoms with van der Waals surface area (Å²) in [6.45, 7) is 14.1. The van der Waals surface area contributed by atoms with Crippen LogP contribution in [-0.2, 0) is 25.2 Å². The summed E-state index contributed by atoms with van der Waals surface area (Å²) in [6.07, 6.45) is 11.5. The fraction of sp³-hybridized carbons (Fsp3) is 0.579. The molecule has 0 heterocycles. The molecule has 0 aromatic carbocycles. The summed E-state index contributed by atoms with van der Waals surface area (Å²) in [5, 5.41) is 1.44. The van der Waals surface area contributed by atoms with Gasteiger partial charge in [0.25, 0.3) is 0 Å². The molecule has 133 valence electrons. The van der Waals surface area contributed by atoms with Crippen LogP contribution in [0.4, 0.5) is 0 Å². The minimum atomic E-state index is -1.83. The van der Waals surface area contributed by atoms with Gasteiger partial charge in [-0.15, -0.1) is 0 Å². The average molecular weight is 420 g/mol. The van der Waals surface area contributed by atoms with Gasteiger partial charge in [-0.3, -0.25) is 0 Å². The van der Waals surface area contributed by atoms with Crippen LogP contribution in [0.3, 0.4) is 0 Å². The van der Waals surface area contributed by atoms with Crippen molar-refractivity contribution in [1.82, 2.24) is 0 Å². The zero-order chi connectivity index (χ0) is 16.8. The van der Waals surface area contributed by atoms with Gasteiger partial charge in [0.15, 0.2) is 0 Å². The molecule has 2 rings (SSSR count). The molecule has 1 nitrogen and oxygen atoms in total. The van der Waals surface area contributed by atoms with Gasteiger partial charge in [-0.05, 0) is 0 Å². The number of hydrogen-bond donors (Lipinski definition) is 0. The van der Waals surface area contributed by atoms with E-state index in [-0.39, 0.29) is 35.5 Å². The van der Waals surface area contributed by atoms with E-state index in [0.717, 1.165) is 12.8 Å². The molecule has 0 radical (unpaired) electrons. The molecular weight excluding hydrogens is 391 g/mol. The van der Waals surface area contributed by atoms with Crippen molar-refractivity contribution in [3.63, 3.8) is 0 Å². The van der Waals surface area contributed by atoms with E-state index in [1.54, 1.807) is 5.20 Å². The third-order valence-electron chi connectivity index (χ3n) is 5.29. The van der Waals surface area contributed by atoms with E-state index >= 15 is 0 Å². The van der Waals surface area contributed by atoms with Crippen molar-refractivity contribution in [1.29, 1.82) is 0 Å². The van der Waals surface area contributed by atoms with Gasteiger partial charge in [-0.1, -0.05) is 0 Å². The SMILES string of the molecule is COC1([Si](C)(C)C2=[C]([Ti+2])CC=C2)CC=C(C)C=C1C(C)(C)C.[Cl-].[Cl-]. The molecule has 0 bridgehead atoms. The van der Waals surface area contributed by atoms with Crippen LogP contribution in [0.5, 0.6) is 0 Å². The number of methoxy groups -OCH3 is 1. The van der Waals surface area contributed by atoms with E-state index in [2.05, 4.69) is 85.5 Å². The molecule has 0 fully saturated rings. The number of halogens is 2. The second-order valence-electron chi connectivity index (χ2n) is 8.12. The third kappa shape index (κ3) is 4.05. The first kappa shape index (κ1) is 24.4. The number of rotatable bonds is 3. The quantitative estimate of drug-likeness (QED) is 0.547. The Balaban J connectivity index is 0.00000264. The Morgan fingerprint density at radius 2 is 1.79 bits per heavy atom. The summed E-state index contributed by atoms with van der Waals surface area (Å²) >= 11 is 2.29. The number of ether oxygens (including phenoxy) is 1. The molecular formula is C19H29Cl2OSiTi. The summed E-state index contributed by atoms with van der Waals surface area (Å²) in [5.41, 5.74) is 2.96. The first-order valence-corrected chi connectivity index (χ1v) is 11.9. The van der Waals surface area contributed by atoms with Gasteiger partial charge >= 0.3 is 149 Å². The van der Waals surface area contributed by atoms with Crippen LogP contribution in [0.25, 0.3) is 0 Å². The Morgan fingerprint density at radius 1 is 1.21 bits per heavy atom. The zero-order valence-electron chi connectivity index (χ0n) is 15.9. The molecule has 0 N–H and O–H groups in total. The van der Waals surface area contributed by atoms with Crippen LogP contribution in [0.1, 0.15) is 40.5 Å². The standard InChI is InChI=1S/C19H29OSi.2ClH.Ti/c1-15-12-13-19(20-5,17(14-15)18(2,3)4)21(6,7)16-10-8-9-11-16;;;/h8,10,12,14H,9,13H2,1-7H3;2*1H;/q;;;+2/p-2. The molecule has 24 heavy (non-hydrogen) atoms. The summed E-state index contributed by atoms with van der Waals surface area (Å²) in [6, 6.07) is 0. The predicted octanol–water partition coefficient (Wildman–Crippen LogP) is -0.750. The van der Waals surface area contributed by atoms with Gasteiger partial charge in [0.2, 0.25) is 0 Å². The normalized spacial score (nSPS) is 24.2. The van der Waals surface area contributed by atoms with Crippen LogP contribution in [0.15, 0.2) is 44.5 Å². The fourth-order valence-corrected chi connectivity index (χ4v) is 9.84. The Bertz CT molecular complexity index is 597.